The highest BCUT2D eigenvalue weighted by atomic mass is 35.5. The zero-order chi connectivity index (χ0) is 28.7. The van der Waals surface area contributed by atoms with Crippen LogP contribution in [0.3, 0.4) is 0 Å². The van der Waals surface area contributed by atoms with E-state index in [0.29, 0.717) is 31.5 Å². The quantitative estimate of drug-likeness (QED) is 0.484. The van der Waals surface area contributed by atoms with Crippen molar-refractivity contribution in [3.05, 3.63) is 57.6 Å². The molecule has 1 N–H and O–H groups in total. The van der Waals surface area contributed by atoms with Crippen LogP contribution in [0.15, 0.2) is 35.2 Å². The molecule has 0 aromatic heterocycles. The van der Waals surface area contributed by atoms with Crippen LogP contribution < -0.4 is 4.90 Å². The molecule has 2 fully saturated rings. The Kier molecular flexibility index (Phi) is 8.21. The van der Waals surface area contributed by atoms with Crippen LogP contribution in [0.1, 0.15) is 52.7 Å². The molecule has 1 saturated carbocycles. The summed E-state index contributed by atoms with van der Waals surface area (Å²) in [5.41, 5.74) is -0.612. The van der Waals surface area contributed by atoms with Crippen molar-refractivity contribution in [2.75, 3.05) is 43.9 Å². The minimum Gasteiger partial charge on any atom is -0.465 e. The number of carbonyl (C=O) groups excluding carboxylic acids is 1. The monoisotopic (exact) mass is 587 g/mol. The maximum absolute atomic E-state index is 14.4. The molecular weight excluding hydrogens is 559 g/mol. The van der Waals surface area contributed by atoms with Gasteiger partial charge in [-0.15, -0.1) is 0 Å². The molecule has 4 rings (SSSR count). The van der Waals surface area contributed by atoms with Gasteiger partial charge in [0, 0.05) is 50.4 Å². The molecule has 0 atom stereocenters. The fourth-order valence-electron chi connectivity index (χ4n) is 4.80. The normalized spacial score (nSPS) is 16.8. The lowest BCUT2D eigenvalue weighted by molar-refractivity contribution is -0.138. The van der Waals surface area contributed by atoms with E-state index in [1.54, 1.807) is 4.90 Å². The summed E-state index contributed by atoms with van der Waals surface area (Å²) in [6.07, 6.45) is -4.43. The average molecular weight is 588 g/mol. The van der Waals surface area contributed by atoms with Gasteiger partial charge in [0.25, 0.3) is 5.91 Å². The van der Waals surface area contributed by atoms with Crippen LogP contribution in [0.25, 0.3) is 0 Å². The third-order valence-corrected chi connectivity index (χ3v) is 9.19. The molecule has 0 bridgehead atoms. The molecule has 1 heterocycles. The molecule has 0 spiro atoms. The smallest absolute Gasteiger partial charge is 0.416 e. The van der Waals surface area contributed by atoms with Crippen LogP contribution in [0.4, 0.5) is 23.7 Å². The van der Waals surface area contributed by atoms with Crippen molar-refractivity contribution in [3.63, 3.8) is 0 Å². The van der Waals surface area contributed by atoms with Crippen molar-refractivity contribution in [3.8, 4) is 0 Å². The predicted octanol–water partition coefficient (Wildman–Crippen LogP) is 5.10. The Morgan fingerprint density at radius 1 is 1.10 bits per heavy atom. The number of nitrogens with zero attached hydrogens (tertiary/aromatic N) is 3. The molecule has 0 radical (unpaired) electrons. The summed E-state index contributed by atoms with van der Waals surface area (Å²) < 4.78 is 68.5. The fourth-order valence-corrected chi connectivity index (χ4v) is 6.07. The lowest BCUT2D eigenvalue weighted by atomic mass is 9.93. The second-order valence-corrected chi connectivity index (χ2v) is 12.5. The summed E-state index contributed by atoms with van der Waals surface area (Å²) in [5, 5.41) is 9.35. The molecule has 2 aromatic carbocycles. The van der Waals surface area contributed by atoms with Crippen LogP contribution >= 0.6 is 11.6 Å². The van der Waals surface area contributed by atoms with E-state index in [0.717, 1.165) is 11.0 Å². The van der Waals surface area contributed by atoms with E-state index in [1.165, 1.54) is 43.1 Å². The van der Waals surface area contributed by atoms with E-state index < -0.39 is 33.6 Å². The zero-order valence-electron chi connectivity index (χ0n) is 21.5. The SMILES string of the molecule is CCS(=O)(=O)c1ccc(Cl)cc1N(C)C(=O)c1cc(C2CC2)c(CN2CCN(C(=O)O)CC2)c(C(F)(F)F)c1. The minimum atomic E-state index is -4.75. The molecule has 13 heteroatoms. The number of halogens is 4. The lowest BCUT2D eigenvalue weighted by Crippen LogP contribution is -2.48. The molecular formula is C26H29ClF3N3O5S. The molecule has 0 unspecified atom stereocenters. The Balaban J connectivity index is 1.74. The summed E-state index contributed by atoms with van der Waals surface area (Å²) in [6, 6.07) is 6.27. The molecule has 2 amide bonds. The van der Waals surface area contributed by atoms with Crippen LogP contribution in [0.5, 0.6) is 0 Å². The van der Waals surface area contributed by atoms with Crippen LogP contribution in [0.2, 0.25) is 5.02 Å². The van der Waals surface area contributed by atoms with Gasteiger partial charge in [-0.25, -0.2) is 13.2 Å². The number of piperazine rings is 1. The predicted molar refractivity (Wildman–Crippen MR) is 140 cm³/mol. The highest BCUT2D eigenvalue weighted by Crippen LogP contribution is 2.46. The Hall–Kier alpha value is -2.83. The van der Waals surface area contributed by atoms with Gasteiger partial charge in [-0.1, -0.05) is 18.5 Å². The summed E-state index contributed by atoms with van der Waals surface area (Å²) in [4.78, 5) is 28.7. The van der Waals surface area contributed by atoms with Crippen molar-refractivity contribution < 1.29 is 36.3 Å². The van der Waals surface area contributed by atoms with Crippen molar-refractivity contribution >= 4 is 39.1 Å². The van der Waals surface area contributed by atoms with E-state index in [-0.39, 0.29) is 58.0 Å². The van der Waals surface area contributed by atoms with Crippen molar-refractivity contribution in [1.29, 1.82) is 0 Å². The lowest BCUT2D eigenvalue weighted by Gasteiger charge is -2.34. The van der Waals surface area contributed by atoms with E-state index in [4.69, 9.17) is 11.6 Å². The number of carboxylic acid groups (broad SMARTS) is 1. The summed E-state index contributed by atoms with van der Waals surface area (Å²) in [6.45, 7) is 2.40. The van der Waals surface area contributed by atoms with Gasteiger partial charge in [0.1, 0.15) is 0 Å². The summed E-state index contributed by atoms with van der Waals surface area (Å²) in [7, 11) is -2.45. The van der Waals surface area contributed by atoms with Crippen LogP contribution in [0, 0.1) is 0 Å². The minimum absolute atomic E-state index is 0.0174. The van der Waals surface area contributed by atoms with E-state index in [1.807, 2.05) is 0 Å². The molecule has 212 valence electrons. The van der Waals surface area contributed by atoms with Gasteiger partial charge < -0.3 is 14.9 Å². The highest BCUT2D eigenvalue weighted by molar-refractivity contribution is 7.91. The van der Waals surface area contributed by atoms with Crippen LogP contribution in [-0.4, -0.2) is 74.3 Å². The van der Waals surface area contributed by atoms with Crippen LogP contribution in [-0.2, 0) is 22.6 Å². The van der Waals surface area contributed by atoms with Crippen molar-refractivity contribution in [2.24, 2.45) is 0 Å². The highest BCUT2D eigenvalue weighted by Gasteiger charge is 2.39. The number of carbonyl (C=O) groups is 2. The Morgan fingerprint density at radius 3 is 2.28 bits per heavy atom. The maximum Gasteiger partial charge on any atom is 0.416 e. The third kappa shape index (κ3) is 6.33. The molecule has 39 heavy (non-hydrogen) atoms. The van der Waals surface area contributed by atoms with E-state index in [9.17, 15) is 36.3 Å². The number of amides is 2. The number of sulfone groups is 1. The first kappa shape index (κ1) is 29.2. The van der Waals surface area contributed by atoms with Gasteiger partial charge in [0.05, 0.1) is 21.9 Å². The van der Waals surface area contributed by atoms with Crippen molar-refractivity contribution in [1.82, 2.24) is 9.80 Å². The maximum atomic E-state index is 14.4. The molecule has 1 aliphatic heterocycles. The second kappa shape index (κ2) is 11.0. The average Bonchev–Trinajstić information content (AvgIpc) is 3.73. The fraction of sp³-hybridized carbons (Fsp3) is 0.462. The summed E-state index contributed by atoms with van der Waals surface area (Å²) >= 11 is 6.08. The summed E-state index contributed by atoms with van der Waals surface area (Å²) in [5.74, 6) is -1.15. The van der Waals surface area contributed by atoms with Crippen molar-refractivity contribution in [2.45, 2.75) is 43.3 Å². The van der Waals surface area contributed by atoms with E-state index in [2.05, 4.69) is 0 Å². The first-order chi connectivity index (χ1) is 18.2. The molecule has 8 nitrogen and oxygen atoms in total. The largest absolute Gasteiger partial charge is 0.465 e. The van der Waals surface area contributed by atoms with Gasteiger partial charge in [0.2, 0.25) is 0 Å². The Morgan fingerprint density at radius 2 is 1.74 bits per heavy atom. The molecule has 2 aromatic rings. The molecule has 2 aliphatic rings. The molecule has 1 aliphatic carbocycles. The first-order valence-corrected chi connectivity index (χ1v) is 14.5. The number of rotatable bonds is 7. The topological polar surface area (TPSA) is 98.2 Å². The third-order valence-electron chi connectivity index (χ3n) is 7.18. The van der Waals surface area contributed by atoms with Gasteiger partial charge in [0.15, 0.2) is 9.84 Å². The standard InChI is InChI=1S/C26H29ClF3N3O5S/c1-3-39(37,38)23-7-6-18(27)14-22(23)31(2)24(34)17-12-19(16-4-5-16)20(21(13-17)26(28,29)30)15-32-8-10-33(11-9-32)25(35)36/h6-7,12-14,16H,3-5,8-11,15H2,1-2H3,(H,35,36). The number of alkyl halides is 3. The number of anilines is 1. The zero-order valence-corrected chi connectivity index (χ0v) is 23.0. The first-order valence-electron chi connectivity index (χ1n) is 12.5. The van der Waals surface area contributed by atoms with Gasteiger partial charge in [-0.05, 0) is 60.2 Å². The van der Waals surface area contributed by atoms with Gasteiger partial charge in [-0.3, -0.25) is 9.69 Å². The number of hydrogen-bond donors (Lipinski definition) is 1. The number of benzene rings is 2. The Bertz CT molecular complexity index is 1390. The van der Waals surface area contributed by atoms with E-state index >= 15 is 0 Å². The van der Waals surface area contributed by atoms with Gasteiger partial charge >= 0.3 is 12.3 Å². The second-order valence-electron chi connectivity index (χ2n) is 9.79. The Labute approximate surface area is 229 Å². The van der Waals surface area contributed by atoms with Gasteiger partial charge in [-0.2, -0.15) is 13.2 Å². The molecule has 1 saturated heterocycles. The number of hydrogen-bond acceptors (Lipinski definition) is 5.